The molecule has 2 aromatic carbocycles. The van der Waals surface area contributed by atoms with Gasteiger partial charge in [-0.15, -0.1) is 0 Å². The zero-order valence-electron chi connectivity index (χ0n) is 27.5. The van der Waals surface area contributed by atoms with E-state index in [2.05, 4.69) is 30.9 Å². The van der Waals surface area contributed by atoms with Crippen molar-refractivity contribution in [3.05, 3.63) is 77.3 Å². The van der Waals surface area contributed by atoms with Gasteiger partial charge >= 0.3 is 18.8 Å². The normalized spacial score (nSPS) is 19.3. The molecule has 6 rings (SSSR count). The van der Waals surface area contributed by atoms with Crippen LogP contribution in [-0.4, -0.2) is 66.1 Å². The van der Waals surface area contributed by atoms with Crippen LogP contribution >= 0.6 is 11.6 Å². The summed E-state index contributed by atoms with van der Waals surface area (Å²) in [6.07, 6.45) is -1.29. The predicted octanol–water partition coefficient (Wildman–Crippen LogP) is 6.94. The van der Waals surface area contributed by atoms with E-state index in [9.17, 15) is 31.5 Å². The Labute approximate surface area is 293 Å². The second-order valence-electron chi connectivity index (χ2n) is 13.5. The molecular weight excluding hydrogens is 701 g/mol. The average molecular weight is 734 g/mol. The number of benzene rings is 2. The number of alkyl halides is 5. The second-order valence-corrected chi connectivity index (χ2v) is 14.0. The third-order valence-corrected chi connectivity index (χ3v) is 9.61. The minimum Gasteiger partial charge on any atom is -0.447 e. The molecule has 2 atom stereocenters. The first-order chi connectivity index (χ1) is 23.9. The number of hydrogen-bond donors (Lipinski definition) is 4. The lowest BCUT2D eigenvalue weighted by Gasteiger charge is -2.37. The van der Waals surface area contributed by atoms with Crippen LogP contribution in [0.3, 0.4) is 0 Å². The zero-order valence-corrected chi connectivity index (χ0v) is 28.2. The number of ether oxygens (including phenoxy) is 1. The number of H-pyrrole nitrogens is 1. The van der Waals surface area contributed by atoms with Crippen LogP contribution < -0.4 is 10.6 Å². The highest BCUT2D eigenvalue weighted by atomic mass is 35.5. The van der Waals surface area contributed by atoms with Crippen molar-refractivity contribution in [3.8, 4) is 22.5 Å². The van der Waals surface area contributed by atoms with Crippen molar-refractivity contribution < 1.29 is 36.3 Å². The number of halogens is 6. The maximum absolute atomic E-state index is 14.8. The average Bonchev–Trinajstić information content (AvgIpc) is 3.45. The molecule has 4 aromatic rings. The maximum atomic E-state index is 14.8. The van der Waals surface area contributed by atoms with Crippen molar-refractivity contribution in [2.24, 2.45) is 5.41 Å². The number of nitrogens with zero attached hydrogens (tertiary/aromatic N) is 5. The molecular formula is C33H33ClF5N9O3. The van der Waals surface area contributed by atoms with E-state index in [0.717, 1.165) is 37.8 Å². The minimum atomic E-state index is -4.76. The molecule has 270 valence electrons. The van der Waals surface area contributed by atoms with E-state index in [1.54, 1.807) is 12.1 Å². The molecule has 12 nitrogen and oxygen atoms in total. The van der Waals surface area contributed by atoms with Gasteiger partial charge in [-0.05, 0) is 55.0 Å². The molecule has 0 spiro atoms. The fourth-order valence-electron chi connectivity index (χ4n) is 5.98. The van der Waals surface area contributed by atoms with Gasteiger partial charge in [0.2, 0.25) is 0 Å². The van der Waals surface area contributed by atoms with Crippen LogP contribution in [0.25, 0.3) is 22.5 Å². The Hall–Kier alpha value is -5.06. The maximum Gasteiger partial charge on any atom is 0.407 e. The van der Waals surface area contributed by atoms with Gasteiger partial charge in [-0.25, -0.2) is 14.5 Å². The highest BCUT2D eigenvalue weighted by Gasteiger charge is 2.60. The van der Waals surface area contributed by atoms with Gasteiger partial charge in [0.05, 0.1) is 22.7 Å². The van der Waals surface area contributed by atoms with Gasteiger partial charge in [0.15, 0.2) is 11.8 Å². The summed E-state index contributed by atoms with van der Waals surface area (Å²) in [6.45, 7) is 0.382. The molecule has 2 aromatic heterocycles. The van der Waals surface area contributed by atoms with Crippen molar-refractivity contribution >= 4 is 29.6 Å². The first-order valence-corrected chi connectivity index (χ1v) is 16.1. The molecule has 1 aliphatic heterocycles. The Morgan fingerprint density at radius 1 is 1.14 bits per heavy atom. The van der Waals surface area contributed by atoms with Crippen molar-refractivity contribution in [2.75, 3.05) is 6.61 Å². The van der Waals surface area contributed by atoms with Gasteiger partial charge in [-0.2, -0.15) is 32.1 Å². The van der Waals surface area contributed by atoms with E-state index in [1.807, 2.05) is 6.92 Å². The lowest BCUT2D eigenvalue weighted by Crippen LogP contribution is -2.50. The number of guanidine groups is 1. The van der Waals surface area contributed by atoms with Crippen molar-refractivity contribution in [1.29, 1.82) is 5.41 Å². The topological polar surface area (TPSA) is 154 Å². The lowest BCUT2D eigenvalue weighted by atomic mass is 9.73. The highest BCUT2D eigenvalue weighted by molar-refractivity contribution is 6.33. The number of rotatable bonds is 11. The van der Waals surface area contributed by atoms with Crippen LogP contribution in [0.2, 0.25) is 5.02 Å². The Balaban J connectivity index is 1.42. The molecule has 51 heavy (non-hydrogen) atoms. The van der Waals surface area contributed by atoms with Crippen LogP contribution in [0.5, 0.6) is 0 Å². The molecule has 0 bridgehead atoms. The van der Waals surface area contributed by atoms with Gasteiger partial charge < -0.3 is 15.4 Å². The van der Waals surface area contributed by atoms with Gasteiger partial charge in [0.1, 0.15) is 18.5 Å². The Morgan fingerprint density at radius 2 is 1.84 bits per heavy atom. The summed E-state index contributed by atoms with van der Waals surface area (Å²) in [7, 11) is 0. The van der Waals surface area contributed by atoms with Crippen LogP contribution in [-0.2, 0) is 15.1 Å². The van der Waals surface area contributed by atoms with Gasteiger partial charge in [0, 0.05) is 22.9 Å². The number of carbonyl (C=O) groups excluding carboxylic acids is 2. The quantitative estimate of drug-likeness (QED) is 0.122. The number of nitrogens with one attached hydrogen (secondary N) is 4. The summed E-state index contributed by atoms with van der Waals surface area (Å²) in [5, 5.41) is 25.0. The predicted molar refractivity (Wildman–Crippen MR) is 174 cm³/mol. The molecule has 4 N–H and O–H groups in total. The summed E-state index contributed by atoms with van der Waals surface area (Å²) in [6, 6.07) is 9.15. The molecule has 0 unspecified atom stereocenters. The second kappa shape index (κ2) is 12.9. The summed E-state index contributed by atoms with van der Waals surface area (Å²) in [5.74, 6) is -1.18. The number of amides is 2. The Kier molecular flexibility index (Phi) is 9.06. The van der Waals surface area contributed by atoms with Gasteiger partial charge in [-0.3, -0.25) is 20.2 Å². The third kappa shape index (κ3) is 6.98. The minimum absolute atomic E-state index is 0.0830. The molecule has 1 aliphatic carbocycles. The third-order valence-electron chi connectivity index (χ3n) is 9.28. The van der Waals surface area contributed by atoms with Gasteiger partial charge in [0.25, 0.3) is 5.91 Å². The van der Waals surface area contributed by atoms with Crippen LogP contribution in [0.15, 0.2) is 61.2 Å². The SMILES string of the molecule is CC1(NC(=O)OC[C@H](c2ccc(Cl)c(-c3ncn[nH]3)c2)N2C(=N)N[C@](CC(C)(C)C(F)(F)F)(c3ccc(-c4cnn(C(F)F)c4)cc3)C2=O)CC1. The molecule has 3 heterocycles. The first-order valence-electron chi connectivity index (χ1n) is 15.7. The molecule has 18 heteroatoms. The number of aromatic nitrogens is 5. The molecule has 2 aliphatic rings. The van der Waals surface area contributed by atoms with E-state index >= 15 is 0 Å². The zero-order chi connectivity index (χ0) is 36.9. The van der Waals surface area contributed by atoms with Crippen LogP contribution in [0.4, 0.5) is 26.7 Å². The summed E-state index contributed by atoms with van der Waals surface area (Å²) >= 11 is 6.46. The molecule has 0 radical (unpaired) electrons. The van der Waals surface area contributed by atoms with Crippen molar-refractivity contribution in [3.63, 3.8) is 0 Å². The summed E-state index contributed by atoms with van der Waals surface area (Å²) in [5.41, 5.74) is -3.52. The fourth-order valence-corrected chi connectivity index (χ4v) is 6.19. The lowest BCUT2D eigenvalue weighted by molar-refractivity contribution is -0.218. The van der Waals surface area contributed by atoms with E-state index in [1.165, 1.54) is 42.9 Å². The van der Waals surface area contributed by atoms with E-state index < -0.39 is 66.2 Å². The smallest absolute Gasteiger partial charge is 0.407 e. The molecule has 1 saturated carbocycles. The van der Waals surface area contributed by atoms with Crippen molar-refractivity contribution in [2.45, 2.75) is 69.9 Å². The molecule has 2 amide bonds. The van der Waals surface area contributed by atoms with Crippen LogP contribution in [0, 0.1) is 10.8 Å². The largest absolute Gasteiger partial charge is 0.447 e. The fraction of sp³-hybridized carbons (Fsp3) is 0.394. The number of hydrogen-bond acceptors (Lipinski definition) is 7. The first kappa shape index (κ1) is 35.8. The summed E-state index contributed by atoms with van der Waals surface area (Å²) < 4.78 is 75.7. The highest BCUT2D eigenvalue weighted by Crippen LogP contribution is 2.49. The standard InChI is InChI=1S/C33H33ClF5N9O3/c1-30(2,33(37,38)39)16-32(21-7-4-18(5-8-21)20-13-43-47(14-20)27(35)36)26(49)48(28(40)44-32)24(15-51-29(50)45-31(3)10-11-31)19-6-9-23(34)22(12-19)25-41-17-42-46-25/h4-9,12-14,17,24,27H,10-11,15-16H2,1-3H3,(H2,40,44)(H,45,50)(H,41,42,46)/t24-,32-/m1/s1. The van der Waals surface area contributed by atoms with Crippen molar-refractivity contribution in [1.82, 2.24) is 40.5 Å². The van der Waals surface area contributed by atoms with E-state index in [-0.39, 0.29) is 16.4 Å². The summed E-state index contributed by atoms with van der Waals surface area (Å²) in [4.78, 5) is 32.7. The number of aromatic amines is 1. The Morgan fingerprint density at radius 3 is 2.43 bits per heavy atom. The van der Waals surface area contributed by atoms with E-state index in [0.29, 0.717) is 26.9 Å². The molecule has 1 saturated heterocycles. The van der Waals surface area contributed by atoms with E-state index in [4.69, 9.17) is 21.7 Å². The number of carbonyl (C=O) groups is 2. The van der Waals surface area contributed by atoms with Gasteiger partial charge in [-0.1, -0.05) is 55.8 Å². The number of alkyl carbamates (subject to hydrolysis) is 1. The Bertz CT molecular complexity index is 1950. The monoisotopic (exact) mass is 733 g/mol. The van der Waals surface area contributed by atoms with Crippen LogP contribution in [0.1, 0.15) is 63.8 Å². The molecule has 2 fully saturated rings.